The summed E-state index contributed by atoms with van der Waals surface area (Å²) in [5.74, 6) is 0.109. The van der Waals surface area contributed by atoms with Crippen LogP contribution in [0, 0.1) is 5.41 Å². The fraction of sp³-hybridized carbons (Fsp3) is 0.909. The molecular weight excluding hydrogens is 192 g/mol. The molecule has 1 heterocycles. The molecule has 2 unspecified atom stereocenters. The van der Waals surface area contributed by atoms with Crippen LogP contribution < -0.4 is 5.32 Å². The van der Waals surface area contributed by atoms with Gasteiger partial charge in [-0.1, -0.05) is 20.8 Å². The predicted molar refractivity (Wildman–Crippen MR) is 59.5 cm³/mol. The first-order valence-corrected chi connectivity index (χ1v) is 5.56. The van der Waals surface area contributed by atoms with E-state index in [1.54, 1.807) is 11.9 Å². The highest BCUT2D eigenvalue weighted by Gasteiger charge is 2.36. The maximum Gasteiger partial charge on any atom is 0.228 e. The number of aliphatic hydroxyl groups is 1. The summed E-state index contributed by atoms with van der Waals surface area (Å²) in [6, 6.07) is -0.0803. The van der Waals surface area contributed by atoms with Crippen molar-refractivity contribution in [2.45, 2.75) is 39.3 Å². The van der Waals surface area contributed by atoms with E-state index >= 15 is 0 Å². The minimum absolute atomic E-state index is 0.0803. The Morgan fingerprint density at radius 1 is 1.53 bits per heavy atom. The Balaban J connectivity index is 2.67. The average molecular weight is 214 g/mol. The van der Waals surface area contributed by atoms with E-state index in [1.165, 1.54) is 0 Å². The highest BCUT2D eigenvalue weighted by molar-refractivity contribution is 5.82. The van der Waals surface area contributed by atoms with Gasteiger partial charge in [-0.25, -0.2) is 0 Å². The van der Waals surface area contributed by atoms with Crippen molar-refractivity contribution in [2.75, 3.05) is 20.1 Å². The average Bonchev–Trinajstić information content (AvgIpc) is 2.62. The van der Waals surface area contributed by atoms with Gasteiger partial charge in [0, 0.05) is 25.6 Å². The van der Waals surface area contributed by atoms with Crippen molar-refractivity contribution in [3.05, 3.63) is 0 Å². The summed E-state index contributed by atoms with van der Waals surface area (Å²) in [6.45, 7) is 7.16. The van der Waals surface area contributed by atoms with Gasteiger partial charge in [0.05, 0.1) is 12.1 Å². The Morgan fingerprint density at radius 2 is 2.13 bits per heavy atom. The molecule has 1 saturated heterocycles. The number of nitrogens with zero attached hydrogens (tertiary/aromatic N) is 1. The van der Waals surface area contributed by atoms with E-state index < -0.39 is 6.10 Å². The van der Waals surface area contributed by atoms with Crippen molar-refractivity contribution >= 4 is 5.91 Å². The molecule has 88 valence electrons. The van der Waals surface area contributed by atoms with Crippen LogP contribution in [0.1, 0.15) is 27.2 Å². The van der Waals surface area contributed by atoms with Gasteiger partial charge in [-0.15, -0.1) is 0 Å². The molecular formula is C11H22N2O2. The predicted octanol–water partition coefficient (Wildman–Crippen LogP) is 0.214. The second kappa shape index (κ2) is 4.49. The topological polar surface area (TPSA) is 52.6 Å². The van der Waals surface area contributed by atoms with Crippen molar-refractivity contribution in [2.24, 2.45) is 5.41 Å². The molecule has 1 rings (SSSR count). The summed E-state index contributed by atoms with van der Waals surface area (Å²) < 4.78 is 0. The van der Waals surface area contributed by atoms with Gasteiger partial charge < -0.3 is 15.3 Å². The Hall–Kier alpha value is -0.610. The first-order valence-electron chi connectivity index (χ1n) is 5.56. The van der Waals surface area contributed by atoms with E-state index in [2.05, 4.69) is 5.32 Å². The van der Waals surface area contributed by atoms with Crippen LogP contribution in [-0.4, -0.2) is 48.2 Å². The number of rotatable bonds is 3. The van der Waals surface area contributed by atoms with E-state index in [0.717, 1.165) is 6.42 Å². The van der Waals surface area contributed by atoms with Crippen LogP contribution in [0.3, 0.4) is 0 Å². The molecule has 1 amide bonds. The molecule has 0 aromatic heterocycles. The molecule has 4 nitrogen and oxygen atoms in total. The molecule has 0 radical (unpaired) electrons. The van der Waals surface area contributed by atoms with Gasteiger partial charge in [-0.3, -0.25) is 4.79 Å². The van der Waals surface area contributed by atoms with Crippen molar-refractivity contribution in [3.63, 3.8) is 0 Å². The van der Waals surface area contributed by atoms with Crippen molar-refractivity contribution in [1.82, 2.24) is 10.2 Å². The van der Waals surface area contributed by atoms with E-state index in [1.807, 2.05) is 20.8 Å². The molecule has 0 saturated carbocycles. The van der Waals surface area contributed by atoms with Crippen LogP contribution in [0.15, 0.2) is 0 Å². The molecule has 2 atom stereocenters. The number of β-amino-alcohol motifs (C(OH)–C–C–N with tert-alkyl or cyclic N) is 1. The fourth-order valence-electron chi connectivity index (χ4n) is 1.83. The lowest BCUT2D eigenvalue weighted by molar-refractivity contribution is -0.142. The molecule has 1 aliphatic rings. The number of hydrogen-bond donors (Lipinski definition) is 2. The molecule has 0 aliphatic carbocycles. The largest absolute Gasteiger partial charge is 0.390 e. The number of likely N-dealkylation sites (N-methyl/N-ethyl adjacent to an activating group) is 1. The minimum Gasteiger partial charge on any atom is -0.390 e. The monoisotopic (exact) mass is 214 g/mol. The van der Waals surface area contributed by atoms with Crippen molar-refractivity contribution < 1.29 is 9.90 Å². The SMILES string of the molecule is CCC(C)(C)C(=O)N(C)C1CNCC1O. The van der Waals surface area contributed by atoms with Crippen LogP contribution >= 0.6 is 0 Å². The first-order chi connectivity index (χ1) is 6.90. The third-order valence-corrected chi connectivity index (χ3v) is 3.43. The first kappa shape index (κ1) is 12.5. The lowest BCUT2D eigenvalue weighted by Gasteiger charge is -2.33. The molecule has 0 spiro atoms. The molecule has 15 heavy (non-hydrogen) atoms. The maximum atomic E-state index is 12.1. The Labute approximate surface area is 91.6 Å². The van der Waals surface area contributed by atoms with Gasteiger partial charge in [-0.05, 0) is 6.42 Å². The van der Waals surface area contributed by atoms with Crippen LogP contribution in [0.5, 0.6) is 0 Å². The number of carbonyl (C=O) groups excluding carboxylic acids is 1. The zero-order chi connectivity index (χ0) is 11.6. The molecule has 2 N–H and O–H groups in total. The summed E-state index contributed by atoms with van der Waals surface area (Å²) in [5.41, 5.74) is -0.336. The Bertz CT molecular complexity index is 241. The Kier molecular flexibility index (Phi) is 3.73. The zero-order valence-corrected chi connectivity index (χ0v) is 10.1. The summed E-state index contributed by atoms with van der Waals surface area (Å²) >= 11 is 0. The Morgan fingerprint density at radius 3 is 2.53 bits per heavy atom. The second-order valence-electron chi connectivity index (χ2n) is 4.95. The second-order valence-corrected chi connectivity index (χ2v) is 4.95. The van der Waals surface area contributed by atoms with Crippen molar-refractivity contribution in [1.29, 1.82) is 0 Å². The highest BCUT2D eigenvalue weighted by atomic mass is 16.3. The number of aliphatic hydroxyl groups excluding tert-OH is 1. The molecule has 0 bridgehead atoms. The van der Waals surface area contributed by atoms with Gasteiger partial charge in [-0.2, -0.15) is 0 Å². The molecule has 1 fully saturated rings. The lowest BCUT2D eigenvalue weighted by atomic mass is 9.88. The quantitative estimate of drug-likeness (QED) is 0.706. The van der Waals surface area contributed by atoms with Gasteiger partial charge in [0.25, 0.3) is 0 Å². The van der Waals surface area contributed by atoms with Crippen LogP contribution in [0.4, 0.5) is 0 Å². The highest BCUT2D eigenvalue weighted by Crippen LogP contribution is 2.24. The molecule has 0 aromatic carbocycles. The normalized spacial score (nSPS) is 26.7. The lowest BCUT2D eigenvalue weighted by Crippen LogP contribution is -2.49. The van der Waals surface area contributed by atoms with Gasteiger partial charge in [0.1, 0.15) is 0 Å². The van der Waals surface area contributed by atoms with Crippen LogP contribution in [-0.2, 0) is 4.79 Å². The van der Waals surface area contributed by atoms with E-state index in [9.17, 15) is 9.90 Å². The van der Waals surface area contributed by atoms with E-state index in [0.29, 0.717) is 13.1 Å². The number of hydrogen-bond acceptors (Lipinski definition) is 3. The summed E-state index contributed by atoms with van der Waals surface area (Å²) in [7, 11) is 1.78. The fourth-order valence-corrected chi connectivity index (χ4v) is 1.83. The van der Waals surface area contributed by atoms with E-state index in [4.69, 9.17) is 0 Å². The van der Waals surface area contributed by atoms with Gasteiger partial charge in [0.2, 0.25) is 5.91 Å². The third kappa shape index (κ3) is 2.49. The van der Waals surface area contributed by atoms with Gasteiger partial charge >= 0.3 is 0 Å². The van der Waals surface area contributed by atoms with E-state index in [-0.39, 0.29) is 17.4 Å². The van der Waals surface area contributed by atoms with Crippen LogP contribution in [0.2, 0.25) is 0 Å². The smallest absolute Gasteiger partial charge is 0.228 e. The summed E-state index contributed by atoms with van der Waals surface area (Å²) in [6.07, 6.45) is 0.374. The third-order valence-electron chi connectivity index (χ3n) is 3.43. The van der Waals surface area contributed by atoms with Gasteiger partial charge in [0.15, 0.2) is 0 Å². The molecule has 0 aromatic rings. The molecule has 4 heteroatoms. The number of amides is 1. The maximum absolute atomic E-state index is 12.1. The minimum atomic E-state index is -0.438. The standard InChI is InChI=1S/C11H22N2O2/c1-5-11(2,3)10(15)13(4)8-6-12-7-9(8)14/h8-9,12,14H,5-7H2,1-4H3. The summed E-state index contributed by atoms with van der Waals surface area (Å²) in [4.78, 5) is 13.8. The van der Waals surface area contributed by atoms with Crippen molar-refractivity contribution in [3.8, 4) is 0 Å². The zero-order valence-electron chi connectivity index (χ0n) is 10.1. The summed E-state index contributed by atoms with van der Waals surface area (Å²) in [5, 5.41) is 12.8. The van der Waals surface area contributed by atoms with Crippen LogP contribution in [0.25, 0.3) is 0 Å². The number of carbonyl (C=O) groups is 1. The molecule has 1 aliphatic heterocycles. The number of nitrogens with one attached hydrogen (secondary N) is 1.